The number of hydrogen-bond acceptors (Lipinski definition) is 4. The third-order valence-electron chi connectivity index (χ3n) is 4.74. The third kappa shape index (κ3) is 3.46. The number of halogens is 1. The van der Waals surface area contributed by atoms with E-state index < -0.39 is 0 Å². The Kier molecular flexibility index (Phi) is 4.90. The number of rotatable bonds is 3. The monoisotopic (exact) mass is 347 g/mol. The van der Waals surface area contributed by atoms with Gasteiger partial charge in [-0.1, -0.05) is 16.8 Å². The molecule has 1 fully saturated rings. The Hall–Kier alpha value is -1.88. The smallest absolute Gasteiger partial charge is 0.230 e. The average Bonchev–Trinajstić information content (AvgIpc) is 3.04. The molecule has 0 spiro atoms. The van der Waals surface area contributed by atoms with E-state index in [4.69, 9.17) is 16.1 Å². The number of benzene rings is 1. The fraction of sp³-hybridized carbons (Fsp3) is 0.500. The first kappa shape index (κ1) is 17.0. The minimum Gasteiger partial charge on any atom is -0.349 e. The van der Waals surface area contributed by atoms with E-state index in [9.17, 15) is 4.79 Å². The third-order valence-corrected chi connectivity index (χ3v) is 4.97. The summed E-state index contributed by atoms with van der Waals surface area (Å²) >= 11 is 6.00. The van der Waals surface area contributed by atoms with Crippen LogP contribution in [0.4, 0.5) is 0 Å². The van der Waals surface area contributed by atoms with Crippen molar-refractivity contribution < 1.29 is 9.32 Å². The molecule has 1 aromatic heterocycles. The molecule has 6 heteroatoms. The van der Waals surface area contributed by atoms with Gasteiger partial charge >= 0.3 is 0 Å². The van der Waals surface area contributed by atoms with Gasteiger partial charge in [0.2, 0.25) is 17.6 Å². The number of carbonyl (C=O) groups excluding carboxylic acids is 1. The molecule has 0 radical (unpaired) electrons. The number of hydrogen-bond donors (Lipinski definition) is 0. The molecule has 5 nitrogen and oxygen atoms in total. The minimum atomic E-state index is 0.122. The topological polar surface area (TPSA) is 59.2 Å². The summed E-state index contributed by atoms with van der Waals surface area (Å²) in [5, 5.41) is 4.83. The predicted molar refractivity (Wildman–Crippen MR) is 92.9 cm³/mol. The SMILES string of the molecule is Cc1cc(Cl)ccc1-c1noc(C2CCC(C(=O)N(C)C)CC2)n1. The van der Waals surface area contributed by atoms with Gasteiger partial charge in [-0.2, -0.15) is 4.98 Å². The lowest BCUT2D eigenvalue weighted by atomic mass is 9.81. The number of aryl methyl sites for hydroxylation is 1. The summed E-state index contributed by atoms with van der Waals surface area (Å²) in [7, 11) is 3.63. The molecule has 0 N–H and O–H groups in total. The lowest BCUT2D eigenvalue weighted by Crippen LogP contribution is -2.32. The van der Waals surface area contributed by atoms with Crippen LogP contribution in [0.25, 0.3) is 11.4 Å². The van der Waals surface area contributed by atoms with Crippen molar-refractivity contribution >= 4 is 17.5 Å². The average molecular weight is 348 g/mol. The van der Waals surface area contributed by atoms with Crippen molar-refractivity contribution in [3.8, 4) is 11.4 Å². The number of aromatic nitrogens is 2. The van der Waals surface area contributed by atoms with E-state index in [1.807, 2.05) is 39.2 Å². The van der Waals surface area contributed by atoms with E-state index in [-0.39, 0.29) is 17.7 Å². The first-order valence-corrected chi connectivity index (χ1v) is 8.65. The maximum Gasteiger partial charge on any atom is 0.230 e. The zero-order valence-corrected chi connectivity index (χ0v) is 15.0. The lowest BCUT2D eigenvalue weighted by molar-refractivity contribution is -0.134. The molecule has 0 atom stereocenters. The van der Waals surface area contributed by atoms with Crippen molar-refractivity contribution in [1.29, 1.82) is 0 Å². The van der Waals surface area contributed by atoms with E-state index in [1.54, 1.807) is 4.90 Å². The van der Waals surface area contributed by atoms with Crippen molar-refractivity contribution in [1.82, 2.24) is 15.0 Å². The molecule has 1 aromatic carbocycles. The molecule has 1 aliphatic carbocycles. The van der Waals surface area contributed by atoms with Crippen LogP contribution in [0.1, 0.15) is 43.1 Å². The second-order valence-electron chi connectivity index (χ2n) is 6.70. The molecule has 2 aromatic rings. The van der Waals surface area contributed by atoms with Gasteiger partial charge in [-0.3, -0.25) is 4.79 Å². The lowest BCUT2D eigenvalue weighted by Gasteiger charge is -2.27. The Labute approximate surface area is 147 Å². The molecular weight excluding hydrogens is 326 g/mol. The molecule has 1 saturated carbocycles. The van der Waals surface area contributed by atoms with E-state index in [2.05, 4.69) is 10.1 Å². The first-order valence-electron chi connectivity index (χ1n) is 8.27. The molecule has 0 aliphatic heterocycles. The van der Waals surface area contributed by atoms with Crippen LogP contribution in [0.3, 0.4) is 0 Å². The van der Waals surface area contributed by atoms with Crippen LogP contribution < -0.4 is 0 Å². The Morgan fingerprint density at radius 1 is 1.25 bits per heavy atom. The summed E-state index contributed by atoms with van der Waals surface area (Å²) in [6.45, 7) is 1.98. The molecule has 1 heterocycles. The van der Waals surface area contributed by atoms with Gasteiger partial charge in [0.1, 0.15) is 0 Å². The zero-order chi connectivity index (χ0) is 17.3. The van der Waals surface area contributed by atoms with Crippen LogP contribution in [0, 0.1) is 12.8 Å². The van der Waals surface area contributed by atoms with Crippen LogP contribution in [0.15, 0.2) is 22.7 Å². The van der Waals surface area contributed by atoms with Crippen molar-refractivity contribution in [3.63, 3.8) is 0 Å². The van der Waals surface area contributed by atoms with E-state index in [0.717, 1.165) is 36.8 Å². The van der Waals surface area contributed by atoms with Crippen LogP contribution in [0.2, 0.25) is 5.02 Å². The Balaban J connectivity index is 1.70. The molecule has 0 saturated heterocycles. The zero-order valence-electron chi connectivity index (χ0n) is 14.3. The largest absolute Gasteiger partial charge is 0.349 e. The van der Waals surface area contributed by atoms with Crippen LogP contribution in [-0.2, 0) is 4.79 Å². The summed E-state index contributed by atoms with van der Waals surface area (Å²) in [5.41, 5.74) is 1.96. The second-order valence-corrected chi connectivity index (χ2v) is 7.13. The van der Waals surface area contributed by atoms with Crippen LogP contribution in [0.5, 0.6) is 0 Å². The first-order chi connectivity index (χ1) is 11.5. The Morgan fingerprint density at radius 3 is 2.58 bits per heavy atom. The van der Waals surface area contributed by atoms with Crippen molar-refractivity contribution in [2.24, 2.45) is 5.92 Å². The number of nitrogens with zero attached hydrogens (tertiary/aromatic N) is 3. The fourth-order valence-corrected chi connectivity index (χ4v) is 3.57. The number of amides is 1. The highest BCUT2D eigenvalue weighted by atomic mass is 35.5. The highest BCUT2D eigenvalue weighted by Crippen LogP contribution is 2.36. The molecule has 1 aliphatic rings. The highest BCUT2D eigenvalue weighted by Gasteiger charge is 2.30. The van der Waals surface area contributed by atoms with Gasteiger partial charge in [0.25, 0.3) is 0 Å². The maximum absolute atomic E-state index is 12.1. The molecule has 128 valence electrons. The highest BCUT2D eigenvalue weighted by molar-refractivity contribution is 6.30. The normalized spacial score (nSPS) is 20.8. The van der Waals surface area contributed by atoms with Crippen LogP contribution in [-0.4, -0.2) is 35.0 Å². The van der Waals surface area contributed by atoms with E-state index in [1.165, 1.54) is 0 Å². The molecule has 3 rings (SSSR count). The minimum absolute atomic E-state index is 0.122. The standard InChI is InChI=1S/C18H22ClN3O2/c1-11-10-14(19)8-9-15(11)16-20-17(24-21-16)12-4-6-13(7-5-12)18(23)22(2)3/h8-10,12-13H,4-7H2,1-3H3. The maximum atomic E-state index is 12.1. The summed E-state index contributed by atoms with van der Waals surface area (Å²) in [6.07, 6.45) is 3.57. The summed E-state index contributed by atoms with van der Waals surface area (Å²) < 4.78 is 5.50. The van der Waals surface area contributed by atoms with Crippen molar-refractivity contribution in [2.75, 3.05) is 14.1 Å². The fourth-order valence-electron chi connectivity index (χ4n) is 3.34. The van der Waals surface area contributed by atoms with Crippen molar-refractivity contribution in [3.05, 3.63) is 34.7 Å². The van der Waals surface area contributed by atoms with E-state index in [0.29, 0.717) is 16.7 Å². The van der Waals surface area contributed by atoms with E-state index >= 15 is 0 Å². The van der Waals surface area contributed by atoms with Gasteiger partial charge in [-0.25, -0.2) is 0 Å². The Morgan fingerprint density at radius 2 is 1.96 bits per heavy atom. The van der Waals surface area contributed by atoms with Gasteiger partial charge in [0.05, 0.1) is 0 Å². The second kappa shape index (κ2) is 6.93. The molecule has 0 bridgehead atoms. The predicted octanol–water partition coefficient (Wildman–Crippen LogP) is 4.06. The van der Waals surface area contributed by atoms with Crippen molar-refractivity contribution in [2.45, 2.75) is 38.5 Å². The molecule has 1 amide bonds. The summed E-state index contributed by atoms with van der Waals surface area (Å²) in [6, 6.07) is 5.64. The summed E-state index contributed by atoms with van der Waals surface area (Å²) in [5.74, 6) is 1.86. The summed E-state index contributed by atoms with van der Waals surface area (Å²) in [4.78, 5) is 18.3. The quantitative estimate of drug-likeness (QED) is 0.840. The number of carbonyl (C=O) groups is 1. The molecule has 24 heavy (non-hydrogen) atoms. The van der Waals surface area contributed by atoms with Gasteiger partial charge in [-0.05, 0) is 56.4 Å². The van der Waals surface area contributed by atoms with Gasteiger partial charge < -0.3 is 9.42 Å². The Bertz CT molecular complexity index is 734. The van der Waals surface area contributed by atoms with Gasteiger partial charge in [0.15, 0.2) is 0 Å². The van der Waals surface area contributed by atoms with Crippen LogP contribution >= 0.6 is 11.6 Å². The molecular formula is C18H22ClN3O2. The van der Waals surface area contributed by atoms with Gasteiger partial charge in [-0.15, -0.1) is 0 Å². The molecule has 0 unspecified atom stereocenters. The van der Waals surface area contributed by atoms with Gasteiger partial charge in [0, 0.05) is 36.5 Å².